The van der Waals surface area contributed by atoms with E-state index in [0.717, 1.165) is 0 Å². The van der Waals surface area contributed by atoms with Crippen LogP contribution in [-0.4, -0.2) is 0 Å². The minimum absolute atomic E-state index is 1.24. The molecule has 0 bridgehead atoms. The van der Waals surface area contributed by atoms with Crippen molar-refractivity contribution in [2.75, 3.05) is 0 Å². The average Bonchev–Trinajstić information content (AvgIpc) is 3.73. The molecule has 0 spiro atoms. The Hall–Kier alpha value is -0.840. The average molecular weight is 609 g/mol. The first-order chi connectivity index (χ1) is 17.8. The van der Waals surface area contributed by atoms with Gasteiger partial charge in [0, 0.05) is 15.3 Å². The highest BCUT2D eigenvalue weighted by Gasteiger charge is 2.18. The van der Waals surface area contributed by atoms with Crippen molar-refractivity contribution in [3.63, 3.8) is 0 Å². The second-order valence-electron chi connectivity index (χ2n) is 7.85. The fourth-order valence-electron chi connectivity index (χ4n) is 4.30. The Morgan fingerprint density at radius 2 is 1.03 bits per heavy atom. The number of hydrogen-bond donors (Lipinski definition) is 0. The summed E-state index contributed by atoms with van der Waals surface area (Å²) in [4.78, 5) is 1.30. The van der Waals surface area contributed by atoms with E-state index in [0.29, 0.717) is 0 Å². The Kier molecular flexibility index (Phi) is 7.22. The molecule has 4 heterocycles. The Morgan fingerprint density at radius 1 is 0.472 bits per heavy atom. The Morgan fingerprint density at radius 3 is 1.67 bits per heavy atom. The lowest BCUT2D eigenvalue weighted by Crippen LogP contribution is -2.17. The lowest BCUT2D eigenvalue weighted by molar-refractivity contribution is 1.66. The molecule has 0 aliphatic carbocycles. The van der Waals surface area contributed by atoms with Crippen LogP contribution in [0.25, 0.3) is 36.1 Å². The summed E-state index contributed by atoms with van der Waals surface area (Å²) in [5.74, 6) is 0. The number of benzene rings is 3. The number of thioether (sulfide) groups is 8. The first-order valence-electron chi connectivity index (χ1n) is 11.0. The molecular formula is C28H16S8. The van der Waals surface area contributed by atoms with Gasteiger partial charge in [-0.2, -0.15) is 0 Å². The summed E-state index contributed by atoms with van der Waals surface area (Å²) in [5.41, 5.74) is 1.24. The highest BCUT2D eigenvalue weighted by Crippen LogP contribution is 2.53. The molecule has 176 valence electrons. The van der Waals surface area contributed by atoms with Crippen LogP contribution in [0.3, 0.4) is 0 Å². The monoisotopic (exact) mass is 608 g/mol. The summed E-state index contributed by atoms with van der Waals surface area (Å²) in [6, 6.07) is 15.9. The van der Waals surface area contributed by atoms with E-state index in [4.69, 9.17) is 0 Å². The lowest BCUT2D eigenvalue weighted by Gasteiger charge is -2.12. The van der Waals surface area contributed by atoms with Crippen LogP contribution in [0.4, 0.5) is 0 Å². The molecule has 36 heavy (non-hydrogen) atoms. The van der Waals surface area contributed by atoms with E-state index < -0.39 is 0 Å². The van der Waals surface area contributed by atoms with Gasteiger partial charge in [-0.1, -0.05) is 137 Å². The van der Waals surface area contributed by atoms with Gasteiger partial charge in [-0.3, -0.25) is 0 Å². The van der Waals surface area contributed by atoms with Crippen molar-refractivity contribution in [1.29, 1.82) is 0 Å². The second kappa shape index (κ2) is 10.7. The van der Waals surface area contributed by atoms with Gasteiger partial charge >= 0.3 is 0 Å². The van der Waals surface area contributed by atoms with Gasteiger partial charge in [-0.15, -0.1) is 0 Å². The molecule has 0 unspecified atom stereocenters. The maximum Gasteiger partial charge on any atom is 0.0700 e. The molecule has 0 nitrogen and oxygen atoms in total. The first kappa shape index (κ1) is 24.2. The quantitative estimate of drug-likeness (QED) is 0.260. The molecule has 4 aliphatic rings. The zero-order chi connectivity index (χ0) is 23.9. The molecule has 7 rings (SSSR count). The molecule has 8 heteroatoms. The summed E-state index contributed by atoms with van der Waals surface area (Å²) in [5, 5.41) is 23.5. The van der Waals surface area contributed by atoms with Crippen LogP contribution in [-0.2, 0) is 0 Å². The van der Waals surface area contributed by atoms with E-state index in [1.54, 1.807) is 0 Å². The molecule has 4 aliphatic heterocycles. The van der Waals surface area contributed by atoms with Gasteiger partial charge in [-0.05, 0) is 77.1 Å². The first-order valence-corrected chi connectivity index (χ1v) is 18.0. The third-order valence-corrected chi connectivity index (χ3v) is 15.0. The molecule has 3 aromatic rings. The Balaban J connectivity index is 1.39. The molecule has 0 saturated heterocycles. The zero-order valence-electron chi connectivity index (χ0n) is 18.5. The third-order valence-electron chi connectivity index (χ3n) is 5.77. The normalized spacial score (nSPS) is 19.4. The van der Waals surface area contributed by atoms with Crippen LogP contribution in [0.2, 0.25) is 0 Å². The highest BCUT2D eigenvalue weighted by atomic mass is 32.2. The van der Waals surface area contributed by atoms with E-state index in [2.05, 4.69) is 92.5 Å². The smallest absolute Gasteiger partial charge is 0.0700 e. The van der Waals surface area contributed by atoms with Gasteiger partial charge in [-0.25, -0.2) is 0 Å². The number of hydrogen-bond acceptors (Lipinski definition) is 8. The fourth-order valence-corrected chi connectivity index (χ4v) is 12.5. The van der Waals surface area contributed by atoms with Crippen LogP contribution in [0.5, 0.6) is 0 Å². The molecule has 0 fully saturated rings. The number of rotatable bonds is 2. The molecular weight excluding hydrogens is 593 g/mol. The van der Waals surface area contributed by atoms with Crippen LogP contribution in [0.15, 0.2) is 99.8 Å². The van der Waals surface area contributed by atoms with Gasteiger partial charge in [0.25, 0.3) is 0 Å². The standard InChI is InChI=1S/C28H16S8/c1-2-4-20-19(3-1)23(25-29-9-10-30-25)21-8-6-17(15-22(21)24(20)26-31-11-12-32-26)5-7-18-16-35-28(36-18)27-33-13-14-34-27/h1-16H/b7-5+. The molecule has 3 aromatic carbocycles. The van der Waals surface area contributed by atoms with Crippen molar-refractivity contribution in [3.05, 3.63) is 116 Å². The summed E-state index contributed by atoms with van der Waals surface area (Å²) in [7, 11) is 0. The molecule has 0 aromatic heterocycles. The fraction of sp³-hybridized carbons (Fsp3) is 0. The van der Waals surface area contributed by atoms with E-state index in [9.17, 15) is 0 Å². The topological polar surface area (TPSA) is 0 Å². The van der Waals surface area contributed by atoms with E-state index in [1.807, 2.05) is 94.1 Å². The zero-order valence-corrected chi connectivity index (χ0v) is 25.0. The van der Waals surface area contributed by atoms with Crippen molar-refractivity contribution in [2.45, 2.75) is 0 Å². The Bertz CT molecular complexity index is 1710. The van der Waals surface area contributed by atoms with Crippen molar-refractivity contribution in [3.8, 4) is 0 Å². The van der Waals surface area contributed by atoms with Gasteiger partial charge < -0.3 is 0 Å². The van der Waals surface area contributed by atoms with Crippen LogP contribution in [0.1, 0.15) is 5.56 Å². The van der Waals surface area contributed by atoms with Crippen LogP contribution < -0.4 is 10.4 Å². The van der Waals surface area contributed by atoms with Gasteiger partial charge in [0.1, 0.15) is 0 Å². The minimum atomic E-state index is 1.24. The Labute approximate surface area is 243 Å². The van der Waals surface area contributed by atoms with E-state index in [1.165, 1.54) is 59.4 Å². The van der Waals surface area contributed by atoms with Crippen LogP contribution >= 0.6 is 94.1 Å². The SMILES string of the molecule is C1=CSC(=C2SC=C(/C=C/c3ccc4c(=C5SC=CS5)c5ccccc5c(=C5SC=CS5)c4c3)S2)S1. The summed E-state index contributed by atoms with van der Waals surface area (Å²) >= 11 is 14.7. The maximum absolute atomic E-state index is 2.39. The van der Waals surface area contributed by atoms with Crippen molar-refractivity contribution in [2.24, 2.45) is 0 Å². The molecule has 0 saturated carbocycles. The van der Waals surface area contributed by atoms with Crippen molar-refractivity contribution < 1.29 is 0 Å². The highest BCUT2D eigenvalue weighted by molar-refractivity contribution is 8.35. The minimum Gasteiger partial charge on any atom is -0.0895 e. The van der Waals surface area contributed by atoms with Crippen molar-refractivity contribution >= 4 is 130 Å². The van der Waals surface area contributed by atoms with Gasteiger partial charge in [0.2, 0.25) is 0 Å². The maximum atomic E-state index is 2.39. The lowest BCUT2D eigenvalue weighted by atomic mass is 9.97. The van der Waals surface area contributed by atoms with Crippen molar-refractivity contribution in [1.82, 2.24) is 0 Å². The molecule has 0 amide bonds. The summed E-state index contributed by atoms with van der Waals surface area (Å²) in [6.45, 7) is 0. The predicted octanol–water partition coefficient (Wildman–Crippen LogP) is 10.4. The number of allylic oxidation sites excluding steroid dienone is 1. The second-order valence-corrected chi connectivity index (χ2v) is 16.3. The summed E-state index contributed by atoms with van der Waals surface area (Å²) < 4.78 is 5.51. The molecule has 0 atom stereocenters. The summed E-state index contributed by atoms with van der Waals surface area (Å²) in [6.07, 6.45) is 4.53. The third kappa shape index (κ3) is 4.62. The molecule has 0 radical (unpaired) electrons. The largest absolute Gasteiger partial charge is 0.0895 e. The van der Waals surface area contributed by atoms with E-state index in [-0.39, 0.29) is 0 Å². The van der Waals surface area contributed by atoms with E-state index >= 15 is 0 Å². The predicted molar refractivity (Wildman–Crippen MR) is 180 cm³/mol. The molecule has 0 N–H and O–H groups in total. The van der Waals surface area contributed by atoms with Gasteiger partial charge in [0.05, 0.1) is 16.9 Å². The van der Waals surface area contributed by atoms with Gasteiger partial charge in [0.15, 0.2) is 0 Å². The van der Waals surface area contributed by atoms with Crippen LogP contribution in [0, 0.1) is 0 Å². The number of fused-ring (bicyclic) bond motifs is 2.